The minimum absolute atomic E-state index is 0.0299. The lowest BCUT2D eigenvalue weighted by molar-refractivity contribution is -0.384. The average Bonchev–Trinajstić information content (AvgIpc) is 2.95. The molecule has 2 aromatic carbocycles. The second kappa shape index (κ2) is 7.94. The molecular weight excluding hydrogens is 382 g/mol. The first-order chi connectivity index (χ1) is 13.4. The molecule has 28 heavy (non-hydrogen) atoms. The first-order valence-corrected chi connectivity index (χ1v) is 8.82. The Kier molecular flexibility index (Phi) is 5.42. The van der Waals surface area contributed by atoms with E-state index < -0.39 is 16.1 Å². The standard InChI is InChI=1S/C19H13N3O5S/c1-27-16-7-6-15(22(25)26)8-14(16)9-17-18(23)21(19(24)28-17)11-13-5-3-2-4-12(13)10-20/h2-9H,11H2,1H3/b17-9+. The second-order valence-corrected chi connectivity index (χ2v) is 6.71. The molecule has 0 atom stereocenters. The van der Waals surface area contributed by atoms with Crippen molar-refractivity contribution in [3.8, 4) is 11.8 Å². The second-order valence-electron chi connectivity index (χ2n) is 5.72. The number of carbonyl (C=O) groups excluding carboxylic acids is 2. The highest BCUT2D eigenvalue weighted by atomic mass is 32.2. The minimum atomic E-state index is -0.554. The van der Waals surface area contributed by atoms with Gasteiger partial charge in [-0.05, 0) is 35.5 Å². The molecule has 0 N–H and O–H groups in total. The summed E-state index contributed by atoms with van der Waals surface area (Å²) >= 11 is 0.733. The van der Waals surface area contributed by atoms with E-state index in [9.17, 15) is 25.0 Å². The van der Waals surface area contributed by atoms with E-state index in [0.717, 1.165) is 16.7 Å². The first kappa shape index (κ1) is 19.1. The molecule has 1 heterocycles. The average molecular weight is 395 g/mol. The van der Waals surface area contributed by atoms with Gasteiger partial charge in [-0.25, -0.2) is 0 Å². The van der Waals surface area contributed by atoms with Gasteiger partial charge in [0.2, 0.25) is 0 Å². The minimum Gasteiger partial charge on any atom is -0.496 e. The fraction of sp³-hybridized carbons (Fsp3) is 0.105. The molecule has 0 bridgehead atoms. The van der Waals surface area contributed by atoms with Crippen molar-refractivity contribution >= 4 is 34.7 Å². The summed E-state index contributed by atoms with van der Waals surface area (Å²) in [5.41, 5.74) is 1.10. The molecule has 3 rings (SSSR count). The monoisotopic (exact) mass is 395 g/mol. The molecule has 140 valence electrons. The van der Waals surface area contributed by atoms with Crippen molar-refractivity contribution in [3.05, 3.63) is 74.2 Å². The van der Waals surface area contributed by atoms with Gasteiger partial charge < -0.3 is 4.74 Å². The number of benzene rings is 2. The number of amides is 2. The molecule has 0 unspecified atom stereocenters. The van der Waals surface area contributed by atoms with Gasteiger partial charge in [0, 0.05) is 17.7 Å². The molecule has 2 amide bonds. The zero-order valence-corrected chi connectivity index (χ0v) is 15.4. The molecule has 9 heteroatoms. The van der Waals surface area contributed by atoms with Gasteiger partial charge >= 0.3 is 0 Å². The summed E-state index contributed by atoms with van der Waals surface area (Å²) in [6.45, 7) is -0.0299. The molecule has 0 radical (unpaired) electrons. The molecule has 0 spiro atoms. The van der Waals surface area contributed by atoms with Gasteiger partial charge in [0.1, 0.15) is 5.75 Å². The van der Waals surface area contributed by atoms with Crippen LogP contribution in [-0.4, -0.2) is 28.1 Å². The third-order valence-electron chi connectivity index (χ3n) is 4.05. The maximum atomic E-state index is 12.7. The zero-order chi connectivity index (χ0) is 20.3. The summed E-state index contributed by atoms with van der Waals surface area (Å²) in [5, 5.41) is 19.7. The number of hydrogen-bond donors (Lipinski definition) is 0. The molecule has 8 nitrogen and oxygen atoms in total. The van der Waals surface area contributed by atoms with Crippen molar-refractivity contribution < 1.29 is 19.2 Å². The number of nitrogens with zero attached hydrogens (tertiary/aromatic N) is 3. The lowest BCUT2D eigenvalue weighted by atomic mass is 10.1. The Morgan fingerprint density at radius 2 is 2.04 bits per heavy atom. The van der Waals surface area contributed by atoms with Crippen LogP contribution in [0.1, 0.15) is 16.7 Å². The fourth-order valence-electron chi connectivity index (χ4n) is 2.66. The first-order valence-electron chi connectivity index (χ1n) is 8.00. The number of imide groups is 1. The number of rotatable bonds is 5. The molecular formula is C19H13N3O5S. The van der Waals surface area contributed by atoms with E-state index in [2.05, 4.69) is 0 Å². The van der Waals surface area contributed by atoms with E-state index in [1.54, 1.807) is 24.3 Å². The Morgan fingerprint density at radius 1 is 1.29 bits per heavy atom. The van der Waals surface area contributed by atoms with Gasteiger partial charge in [-0.2, -0.15) is 5.26 Å². The highest BCUT2D eigenvalue weighted by Crippen LogP contribution is 2.36. The zero-order valence-electron chi connectivity index (χ0n) is 14.6. The van der Waals surface area contributed by atoms with Crippen LogP contribution in [0.15, 0.2) is 47.4 Å². The SMILES string of the molecule is COc1ccc([N+](=O)[O-])cc1/C=C1/SC(=O)N(Cc2ccccc2C#N)C1=O. The topological polar surface area (TPSA) is 114 Å². The number of carbonyl (C=O) groups is 2. The third-order valence-corrected chi connectivity index (χ3v) is 4.96. The fourth-order valence-corrected chi connectivity index (χ4v) is 3.49. The van der Waals surface area contributed by atoms with Gasteiger partial charge in [-0.1, -0.05) is 18.2 Å². The van der Waals surface area contributed by atoms with Crippen molar-refractivity contribution in [3.63, 3.8) is 0 Å². The molecule has 0 aromatic heterocycles. The number of hydrogen-bond acceptors (Lipinski definition) is 7. The molecule has 1 aliphatic rings. The molecule has 0 aliphatic carbocycles. The third kappa shape index (κ3) is 3.72. The summed E-state index contributed by atoms with van der Waals surface area (Å²) in [4.78, 5) is 36.6. The highest BCUT2D eigenvalue weighted by Gasteiger charge is 2.35. The predicted octanol–water partition coefficient (Wildman–Crippen LogP) is 3.71. The number of non-ortho nitro benzene ring substituents is 1. The van der Waals surface area contributed by atoms with Gasteiger partial charge in [0.05, 0.1) is 35.1 Å². The van der Waals surface area contributed by atoms with Crippen LogP contribution in [0, 0.1) is 21.4 Å². The van der Waals surface area contributed by atoms with Crippen LogP contribution in [0.5, 0.6) is 5.75 Å². The highest BCUT2D eigenvalue weighted by molar-refractivity contribution is 8.18. The summed E-state index contributed by atoms with van der Waals surface area (Å²) in [6.07, 6.45) is 1.40. The van der Waals surface area contributed by atoms with Gasteiger partial charge in [0.25, 0.3) is 16.8 Å². The Bertz CT molecular complexity index is 1060. The van der Waals surface area contributed by atoms with E-state index in [1.807, 2.05) is 6.07 Å². The smallest absolute Gasteiger partial charge is 0.293 e. The molecule has 1 fully saturated rings. The maximum absolute atomic E-state index is 12.7. The molecule has 1 aliphatic heterocycles. The van der Waals surface area contributed by atoms with Gasteiger partial charge in [0.15, 0.2) is 0 Å². The van der Waals surface area contributed by atoms with Crippen LogP contribution in [0.3, 0.4) is 0 Å². The summed E-state index contributed by atoms with van der Waals surface area (Å²) in [5.74, 6) is -0.191. The largest absolute Gasteiger partial charge is 0.496 e. The Labute approximate surface area is 164 Å². The Morgan fingerprint density at radius 3 is 2.71 bits per heavy atom. The van der Waals surface area contributed by atoms with Crippen LogP contribution >= 0.6 is 11.8 Å². The lowest BCUT2D eigenvalue weighted by Crippen LogP contribution is -2.27. The quantitative estimate of drug-likeness (QED) is 0.431. The number of nitro benzene ring substituents is 1. The molecule has 2 aromatic rings. The van der Waals surface area contributed by atoms with Crippen molar-refractivity contribution in [2.24, 2.45) is 0 Å². The van der Waals surface area contributed by atoms with Crippen LogP contribution < -0.4 is 4.74 Å². The number of methoxy groups -OCH3 is 1. The number of thioether (sulfide) groups is 1. The summed E-state index contributed by atoms with van der Waals surface area (Å²) < 4.78 is 5.18. The van der Waals surface area contributed by atoms with Crippen molar-refractivity contribution in [1.29, 1.82) is 5.26 Å². The number of nitro groups is 1. The van der Waals surface area contributed by atoms with Crippen LogP contribution in [0.2, 0.25) is 0 Å². The van der Waals surface area contributed by atoms with Crippen LogP contribution in [0.25, 0.3) is 6.08 Å². The van der Waals surface area contributed by atoms with E-state index >= 15 is 0 Å². The maximum Gasteiger partial charge on any atom is 0.293 e. The van der Waals surface area contributed by atoms with Crippen molar-refractivity contribution in [2.45, 2.75) is 6.54 Å². The van der Waals surface area contributed by atoms with E-state index in [0.29, 0.717) is 22.4 Å². The number of ether oxygens (including phenoxy) is 1. The normalized spacial score (nSPS) is 15.0. The summed E-state index contributed by atoms with van der Waals surface area (Å²) in [7, 11) is 1.41. The van der Waals surface area contributed by atoms with Crippen LogP contribution in [0.4, 0.5) is 10.5 Å². The number of nitriles is 1. The van der Waals surface area contributed by atoms with E-state index in [-0.39, 0.29) is 17.1 Å². The summed E-state index contributed by atoms with van der Waals surface area (Å²) in [6, 6.07) is 12.7. The van der Waals surface area contributed by atoms with Gasteiger partial charge in [-0.3, -0.25) is 24.6 Å². The molecule has 1 saturated heterocycles. The van der Waals surface area contributed by atoms with Crippen LogP contribution in [-0.2, 0) is 11.3 Å². The molecule has 0 saturated carbocycles. The lowest BCUT2D eigenvalue weighted by Gasteiger charge is -2.13. The van der Waals surface area contributed by atoms with Gasteiger partial charge in [-0.15, -0.1) is 0 Å². The Hall–Kier alpha value is -3.64. The van der Waals surface area contributed by atoms with E-state index in [4.69, 9.17) is 4.74 Å². The van der Waals surface area contributed by atoms with Crippen molar-refractivity contribution in [2.75, 3.05) is 7.11 Å². The van der Waals surface area contributed by atoms with E-state index in [1.165, 1.54) is 31.4 Å². The predicted molar refractivity (Wildman–Crippen MR) is 102 cm³/mol. The van der Waals surface area contributed by atoms with Crippen molar-refractivity contribution in [1.82, 2.24) is 4.90 Å². The Balaban J connectivity index is 1.93.